The number of aliphatic hydroxyl groups excluding tert-OH is 1. The Morgan fingerprint density at radius 1 is 1.07 bits per heavy atom. The third-order valence-electron chi connectivity index (χ3n) is 8.54. The number of nitrogens with one attached hydrogen (secondary N) is 1. The van der Waals surface area contributed by atoms with Crippen LogP contribution >= 0.6 is 11.3 Å². The van der Waals surface area contributed by atoms with Crippen LogP contribution in [-0.2, 0) is 16.1 Å². The first-order valence-corrected chi connectivity index (χ1v) is 15.6. The Morgan fingerprint density at radius 3 is 2.38 bits per heavy atom. The van der Waals surface area contributed by atoms with E-state index in [9.17, 15) is 19.5 Å². The van der Waals surface area contributed by atoms with Crippen LogP contribution in [0, 0.1) is 24.7 Å². The Bertz CT molecular complexity index is 1450. The number of benzene rings is 2. The third kappa shape index (κ3) is 5.72. The summed E-state index contributed by atoms with van der Waals surface area (Å²) in [6, 6.07) is 14.0. The van der Waals surface area contributed by atoms with Crippen LogP contribution in [-0.4, -0.2) is 62.8 Å². The smallest absolute Gasteiger partial charge is 0.255 e. The van der Waals surface area contributed by atoms with Crippen molar-refractivity contribution in [1.82, 2.24) is 20.1 Å². The maximum Gasteiger partial charge on any atom is 0.255 e. The molecular formula is C33H40N4O4S. The first kappa shape index (κ1) is 29.9. The molecule has 0 saturated carbocycles. The predicted octanol–water partition coefficient (Wildman–Crippen LogP) is 4.82. The number of likely N-dealkylation sites (tertiary alicyclic amines) is 1. The first-order valence-electron chi connectivity index (χ1n) is 14.7. The van der Waals surface area contributed by atoms with E-state index in [1.54, 1.807) is 27.2 Å². The number of hydrogen-bond donors (Lipinski definition) is 2. The average molecular weight is 589 g/mol. The van der Waals surface area contributed by atoms with Gasteiger partial charge in [-0.05, 0) is 47.9 Å². The van der Waals surface area contributed by atoms with Crippen molar-refractivity contribution >= 4 is 29.1 Å². The van der Waals surface area contributed by atoms with Gasteiger partial charge in [0.15, 0.2) is 0 Å². The topological polar surface area (TPSA) is 103 Å². The van der Waals surface area contributed by atoms with Gasteiger partial charge in [0.25, 0.3) is 5.91 Å². The summed E-state index contributed by atoms with van der Waals surface area (Å²) >= 11 is 1.60. The van der Waals surface area contributed by atoms with Gasteiger partial charge in [0.1, 0.15) is 12.1 Å². The molecule has 0 bridgehead atoms. The highest BCUT2D eigenvalue weighted by Crippen LogP contribution is 2.33. The summed E-state index contributed by atoms with van der Waals surface area (Å²) in [5, 5.41) is 13.2. The fourth-order valence-electron chi connectivity index (χ4n) is 6.30. The highest BCUT2D eigenvalue weighted by molar-refractivity contribution is 7.13. The Balaban J connectivity index is 1.36. The van der Waals surface area contributed by atoms with Gasteiger partial charge < -0.3 is 20.2 Å². The summed E-state index contributed by atoms with van der Waals surface area (Å²) in [6.45, 7) is 10.5. The average Bonchev–Trinajstić information content (AvgIpc) is 3.69. The molecule has 1 saturated heterocycles. The van der Waals surface area contributed by atoms with E-state index in [0.717, 1.165) is 27.3 Å². The molecule has 0 radical (unpaired) electrons. The summed E-state index contributed by atoms with van der Waals surface area (Å²) in [5.41, 5.74) is 6.43. The zero-order valence-electron chi connectivity index (χ0n) is 24.9. The van der Waals surface area contributed by atoms with E-state index >= 15 is 0 Å². The van der Waals surface area contributed by atoms with Crippen LogP contribution < -0.4 is 5.32 Å². The van der Waals surface area contributed by atoms with Crippen molar-refractivity contribution in [2.24, 2.45) is 17.8 Å². The van der Waals surface area contributed by atoms with Crippen molar-refractivity contribution in [2.75, 3.05) is 13.2 Å². The molecule has 2 aliphatic rings. The summed E-state index contributed by atoms with van der Waals surface area (Å²) in [6.07, 6.45) is 0.376. The number of carbonyl (C=O) groups excluding carboxylic acids is 3. The fourth-order valence-corrected chi connectivity index (χ4v) is 7.11. The van der Waals surface area contributed by atoms with Gasteiger partial charge in [-0.15, -0.1) is 11.3 Å². The zero-order valence-corrected chi connectivity index (χ0v) is 25.7. The second kappa shape index (κ2) is 12.4. The van der Waals surface area contributed by atoms with Gasteiger partial charge in [-0.2, -0.15) is 0 Å². The lowest BCUT2D eigenvalue weighted by atomic mass is 9.94. The van der Waals surface area contributed by atoms with Gasteiger partial charge >= 0.3 is 0 Å². The molecule has 2 aromatic carbocycles. The van der Waals surface area contributed by atoms with E-state index in [0.29, 0.717) is 18.5 Å². The quantitative estimate of drug-likeness (QED) is 0.373. The van der Waals surface area contributed by atoms with E-state index in [2.05, 4.69) is 36.3 Å². The number of aryl methyl sites for hydroxylation is 1. The van der Waals surface area contributed by atoms with Crippen LogP contribution in [0.25, 0.3) is 10.4 Å². The molecule has 3 amide bonds. The van der Waals surface area contributed by atoms with E-state index in [-0.39, 0.29) is 54.7 Å². The first-order chi connectivity index (χ1) is 20.1. The summed E-state index contributed by atoms with van der Waals surface area (Å²) in [7, 11) is 0. The second-order valence-electron chi connectivity index (χ2n) is 12.2. The summed E-state index contributed by atoms with van der Waals surface area (Å²) in [4.78, 5) is 50.1. The van der Waals surface area contributed by atoms with Crippen molar-refractivity contribution < 1.29 is 19.5 Å². The van der Waals surface area contributed by atoms with Crippen LogP contribution in [0.1, 0.15) is 67.3 Å². The SMILES string of the molecule is Cc1ncsc1-c1ccc(C(NC(=O)C2CC(CO)CN2C(=O)[C@H](C(C)C)N2Cc3ccccc3C2=O)C(C)C)cc1. The molecule has 222 valence electrons. The molecule has 9 heteroatoms. The number of aromatic nitrogens is 1. The van der Waals surface area contributed by atoms with Crippen LogP contribution in [0.2, 0.25) is 0 Å². The van der Waals surface area contributed by atoms with E-state index in [1.807, 2.05) is 56.6 Å². The third-order valence-corrected chi connectivity index (χ3v) is 9.52. The number of thiazole rings is 1. The number of carbonyl (C=O) groups is 3. The molecule has 3 unspecified atom stereocenters. The molecule has 0 spiro atoms. The van der Waals surface area contributed by atoms with Crippen molar-refractivity contribution in [3.63, 3.8) is 0 Å². The van der Waals surface area contributed by atoms with Gasteiger partial charge in [-0.25, -0.2) is 4.98 Å². The Hall–Kier alpha value is -3.56. The predicted molar refractivity (Wildman–Crippen MR) is 164 cm³/mol. The Kier molecular flexibility index (Phi) is 8.80. The maximum atomic E-state index is 14.2. The number of amides is 3. The van der Waals surface area contributed by atoms with Gasteiger partial charge in [-0.3, -0.25) is 14.4 Å². The fraction of sp³-hybridized carbons (Fsp3) is 0.455. The van der Waals surface area contributed by atoms with Crippen molar-refractivity contribution in [3.8, 4) is 10.4 Å². The summed E-state index contributed by atoms with van der Waals surface area (Å²) < 4.78 is 0. The molecular weight excluding hydrogens is 548 g/mol. The van der Waals surface area contributed by atoms with Gasteiger partial charge in [-0.1, -0.05) is 70.2 Å². The lowest BCUT2D eigenvalue weighted by molar-refractivity contribution is -0.143. The minimum atomic E-state index is -0.726. The highest BCUT2D eigenvalue weighted by atomic mass is 32.1. The van der Waals surface area contributed by atoms with Crippen molar-refractivity contribution in [1.29, 1.82) is 0 Å². The minimum absolute atomic E-state index is 0.105. The monoisotopic (exact) mass is 588 g/mol. The molecule has 1 aromatic heterocycles. The van der Waals surface area contributed by atoms with Gasteiger partial charge in [0, 0.05) is 31.2 Å². The van der Waals surface area contributed by atoms with Crippen LogP contribution in [0.5, 0.6) is 0 Å². The molecule has 5 rings (SSSR count). The largest absolute Gasteiger partial charge is 0.396 e. The maximum absolute atomic E-state index is 14.2. The number of hydrogen-bond acceptors (Lipinski definition) is 6. The number of rotatable bonds is 9. The van der Waals surface area contributed by atoms with Crippen LogP contribution in [0.15, 0.2) is 54.0 Å². The van der Waals surface area contributed by atoms with Gasteiger partial charge in [0.05, 0.1) is 22.1 Å². The number of nitrogens with zero attached hydrogens (tertiary/aromatic N) is 3. The molecule has 42 heavy (non-hydrogen) atoms. The lowest BCUT2D eigenvalue weighted by Gasteiger charge is -2.35. The molecule has 4 atom stereocenters. The zero-order chi connectivity index (χ0) is 30.1. The molecule has 1 fully saturated rings. The lowest BCUT2D eigenvalue weighted by Crippen LogP contribution is -2.55. The second-order valence-corrected chi connectivity index (χ2v) is 13.0. The molecule has 3 aromatic rings. The van der Waals surface area contributed by atoms with Crippen molar-refractivity contribution in [3.05, 3.63) is 76.4 Å². The van der Waals surface area contributed by atoms with E-state index < -0.39 is 12.1 Å². The standard InChI is InChI=1S/C33H40N4O4S/c1-19(2)28(23-10-12-24(13-11-23)30-21(5)34-18-42-30)35-31(39)27-14-22(17-38)15-36(27)33(41)29(20(3)4)37-16-25-8-6-7-9-26(25)32(37)40/h6-13,18-20,22,27-29,38H,14-17H2,1-5H3,(H,35,39)/t22?,27?,28?,29-/m0/s1. The van der Waals surface area contributed by atoms with E-state index in [1.165, 1.54) is 0 Å². The van der Waals surface area contributed by atoms with Crippen LogP contribution in [0.3, 0.4) is 0 Å². The molecule has 2 N–H and O–H groups in total. The Morgan fingerprint density at radius 2 is 1.79 bits per heavy atom. The molecule has 0 aliphatic carbocycles. The van der Waals surface area contributed by atoms with E-state index in [4.69, 9.17) is 0 Å². The summed E-state index contributed by atoms with van der Waals surface area (Å²) in [5.74, 6) is -0.895. The van der Waals surface area contributed by atoms with Gasteiger partial charge in [0.2, 0.25) is 11.8 Å². The van der Waals surface area contributed by atoms with Crippen molar-refractivity contribution in [2.45, 2.75) is 65.7 Å². The van der Waals surface area contributed by atoms with Crippen LogP contribution in [0.4, 0.5) is 0 Å². The number of fused-ring (bicyclic) bond motifs is 1. The Labute approximate surface area is 251 Å². The number of aliphatic hydroxyl groups is 1. The normalized spacial score (nSPS) is 19.9. The minimum Gasteiger partial charge on any atom is -0.396 e. The highest BCUT2D eigenvalue weighted by Gasteiger charge is 2.46. The molecule has 3 heterocycles. The molecule has 2 aliphatic heterocycles. The molecule has 8 nitrogen and oxygen atoms in total.